The Labute approximate surface area is 109 Å². The fraction of sp³-hybridized carbons (Fsp3) is 0.0714. The molecule has 0 bridgehead atoms. The van der Waals surface area contributed by atoms with E-state index in [0.717, 1.165) is 11.3 Å². The van der Waals surface area contributed by atoms with E-state index < -0.39 is 0 Å². The highest BCUT2D eigenvalue weighted by Crippen LogP contribution is 2.07. The SMILES string of the molecule is C(#Cc1ccccn1)COc1ccn2nccc2n1. The summed E-state index contributed by atoms with van der Waals surface area (Å²) in [5.74, 6) is 6.34. The van der Waals surface area contributed by atoms with Crippen LogP contribution in [-0.4, -0.2) is 26.2 Å². The van der Waals surface area contributed by atoms with Gasteiger partial charge in [0.2, 0.25) is 5.88 Å². The Morgan fingerprint density at radius 3 is 3.05 bits per heavy atom. The molecule has 0 atom stereocenters. The standard InChI is InChI=1S/C14H10N4O/c1-2-8-15-12(4-1)5-3-11-19-14-7-10-18-13(17-14)6-9-16-18/h1-2,4,6-10H,11H2. The van der Waals surface area contributed by atoms with Crippen molar-refractivity contribution >= 4 is 5.65 Å². The molecule has 0 saturated heterocycles. The Balaban J connectivity index is 1.65. The maximum Gasteiger partial charge on any atom is 0.217 e. The van der Waals surface area contributed by atoms with E-state index in [-0.39, 0.29) is 6.61 Å². The molecule has 92 valence electrons. The van der Waals surface area contributed by atoms with Crippen molar-refractivity contribution in [1.82, 2.24) is 19.6 Å². The van der Waals surface area contributed by atoms with Gasteiger partial charge in [-0.15, -0.1) is 0 Å². The van der Waals surface area contributed by atoms with Gasteiger partial charge in [-0.3, -0.25) is 0 Å². The van der Waals surface area contributed by atoms with Crippen LogP contribution < -0.4 is 4.74 Å². The highest BCUT2D eigenvalue weighted by molar-refractivity contribution is 5.37. The first-order valence-electron chi connectivity index (χ1n) is 5.75. The van der Waals surface area contributed by atoms with E-state index in [1.165, 1.54) is 0 Å². The van der Waals surface area contributed by atoms with Crippen LogP contribution in [0.2, 0.25) is 0 Å². The van der Waals surface area contributed by atoms with Crippen molar-refractivity contribution < 1.29 is 4.74 Å². The van der Waals surface area contributed by atoms with Gasteiger partial charge in [-0.25, -0.2) is 9.50 Å². The fourth-order valence-electron chi connectivity index (χ4n) is 1.55. The lowest BCUT2D eigenvalue weighted by atomic mass is 10.3. The normalized spacial score (nSPS) is 9.89. The van der Waals surface area contributed by atoms with Crippen molar-refractivity contribution in [3.8, 4) is 17.7 Å². The maximum atomic E-state index is 5.45. The number of ether oxygens (including phenoxy) is 1. The molecule has 3 aromatic heterocycles. The summed E-state index contributed by atoms with van der Waals surface area (Å²) in [4.78, 5) is 8.38. The van der Waals surface area contributed by atoms with Crippen LogP contribution in [0.25, 0.3) is 5.65 Å². The number of nitrogens with zero attached hydrogens (tertiary/aromatic N) is 4. The second kappa shape index (κ2) is 5.19. The fourth-order valence-corrected chi connectivity index (χ4v) is 1.55. The molecule has 0 radical (unpaired) electrons. The number of fused-ring (bicyclic) bond motifs is 1. The minimum atomic E-state index is 0.272. The van der Waals surface area contributed by atoms with Gasteiger partial charge in [0.25, 0.3) is 0 Å². The Bertz CT molecular complexity index is 740. The molecule has 0 aliphatic carbocycles. The molecule has 5 nitrogen and oxygen atoms in total. The number of rotatable bonds is 2. The van der Waals surface area contributed by atoms with Crippen molar-refractivity contribution in [3.05, 3.63) is 54.6 Å². The quantitative estimate of drug-likeness (QED) is 0.648. The molecule has 0 aliphatic heterocycles. The first-order chi connectivity index (χ1) is 9.42. The summed E-state index contributed by atoms with van der Waals surface area (Å²) in [5, 5.41) is 4.06. The molecule has 0 saturated carbocycles. The maximum absolute atomic E-state index is 5.45. The van der Waals surface area contributed by atoms with E-state index in [2.05, 4.69) is 26.9 Å². The largest absolute Gasteiger partial charge is 0.464 e. The van der Waals surface area contributed by atoms with Gasteiger partial charge in [-0.05, 0) is 18.1 Å². The first kappa shape index (κ1) is 11.2. The minimum Gasteiger partial charge on any atom is -0.464 e. The molecule has 0 aromatic carbocycles. The average Bonchev–Trinajstić information content (AvgIpc) is 2.92. The van der Waals surface area contributed by atoms with E-state index in [1.54, 1.807) is 29.2 Å². The molecule has 0 amide bonds. The Kier molecular flexibility index (Phi) is 3.07. The van der Waals surface area contributed by atoms with Crippen LogP contribution >= 0.6 is 0 Å². The Hall–Kier alpha value is -2.87. The van der Waals surface area contributed by atoms with Crippen LogP contribution in [0.4, 0.5) is 0 Å². The van der Waals surface area contributed by atoms with Crippen molar-refractivity contribution in [2.24, 2.45) is 0 Å². The third kappa shape index (κ3) is 2.69. The zero-order valence-electron chi connectivity index (χ0n) is 10.0. The van der Waals surface area contributed by atoms with Gasteiger partial charge in [0.05, 0.1) is 6.20 Å². The van der Waals surface area contributed by atoms with Gasteiger partial charge in [0, 0.05) is 24.5 Å². The second-order valence-corrected chi connectivity index (χ2v) is 3.71. The number of hydrogen-bond acceptors (Lipinski definition) is 4. The lowest BCUT2D eigenvalue weighted by Crippen LogP contribution is -1.98. The molecule has 3 aromatic rings. The molecule has 19 heavy (non-hydrogen) atoms. The Morgan fingerprint density at radius 1 is 1.16 bits per heavy atom. The van der Waals surface area contributed by atoms with Crippen molar-refractivity contribution in [2.75, 3.05) is 6.61 Å². The predicted molar refractivity (Wildman–Crippen MR) is 69.6 cm³/mol. The third-order valence-corrected chi connectivity index (χ3v) is 2.41. The van der Waals surface area contributed by atoms with Crippen LogP contribution in [-0.2, 0) is 0 Å². The molecule has 5 heteroatoms. The number of hydrogen-bond donors (Lipinski definition) is 0. The van der Waals surface area contributed by atoms with Crippen LogP contribution in [0.5, 0.6) is 5.88 Å². The molecule has 0 aliphatic rings. The van der Waals surface area contributed by atoms with E-state index >= 15 is 0 Å². The lowest BCUT2D eigenvalue weighted by molar-refractivity contribution is 0.355. The average molecular weight is 250 g/mol. The number of aromatic nitrogens is 4. The van der Waals surface area contributed by atoms with Gasteiger partial charge in [0.1, 0.15) is 5.69 Å². The summed E-state index contributed by atoms with van der Waals surface area (Å²) in [6.45, 7) is 0.272. The number of pyridine rings is 1. The monoisotopic (exact) mass is 250 g/mol. The van der Waals surface area contributed by atoms with Crippen LogP contribution in [0.15, 0.2) is 48.9 Å². The van der Waals surface area contributed by atoms with Gasteiger partial charge in [0.15, 0.2) is 12.3 Å². The van der Waals surface area contributed by atoms with E-state index in [9.17, 15) is 0 Å². The lowest BCUT2D eigenvalue weighted by Gasteiger charge is -2.00. The molecule has 0 fully saturated rings. The molecular formula is C14H10N4O. The van der Waals surface area contributed by atoms with Crippen LogP contribution in [0.1, 0.15) is 5.69 Å². The summed E-state index contributed by atoms with van der Waals surface area (Å²) >= 11 is 0. The van der Waals surface area contributed by atoms with Crippen LogP contribution in [0, 0.1) is 11.8 Å². The Morgan fingerprint density at radius 2 is 2.16 bits per heavy atom. The highest BCUT2D eigenvalue weighted by atomic mass is 16.5. The molecular weight excluding hydrogens is 240 g/mol. The van der Waals surface area contributed by atoms with Gasteiger partial charge < -0.3 is 4.74 Å². The predicted octanol–water partition coefficient (Wildman–Crippen LogP) is 1.55. The van der Waals surface area contributed by atoms with Crippen molar-refractivity contribution in [1.29, 1.82) is 0 Å². The van der Waals surface area contributed by atoms with E-state index in [0.29, 0.717) is 5.88 Å². The third-order valence-electron chi connectivity index (χ3n) is 2.41. The summed E-state index contributed by atoms with van der Waals surface area (Å²) in [5.41, 5.74) is 1.47. The van der Waals surface area contributed by atoms with Gasteiger partial charge >= 0.3 is 0 Å². The second-order valence-electron chi connectivity index (χ2n) is 3.71. The summed E-state index contributed by atoms with van der Waals surface area (Å²) in [6, 6.07) is 9.16. The van der Waals surface area contributed by atoms with Crippen LogP contribution in [0.3, 0.4) is 0 Å². The smallest absolute Gasteiger partial charge is 0.217 e. The summed E-state index contributed by atoms with van der Waals surface area (Å²) in [6.07, 6.45) is 5.19. The zero-order chi connectivity index (χ0) is 12.9. The molecule has 3 rings (SSSR count). The van der Waals surface area contributed by atoms with E-state index in [4.69, 9.17) is 4.74 Å². The highest BCUT2D eigenvalue weighted by Gasteiger charge is 1.97. The van der Waals surface area contributed by atoms with Crippen molar-refractivity contribution in [3.63, 3.8) is 0 Å². The molecule has 0 spiro atoms. The first-order valence-corrected chi connectivity index (χ1v) is 5.75. The van der Waals surface area contributed by atoms with E-state index in [1.807, 2.05) is 24.3 Å². The van der Waals surface area contributed by atoms with Gasteiger partial charge in [-0.2, -0.15) is 10.1 Å². The topological polar surface area (TPSA) is 52.3 Å². The summed E-state index contributed by atoms with van der Waals surface area (Å²) in [7, 11) is 0. The van der Waals surface area contributed by atoms with Gasteiger partial charge in [-0.1, -0.05) is 12.0 Å². The molecule has 0 N–H and O–H groups in total. The molecule has 0 unspecified atom stereocenters. The minimum absolute atomic E-state index is 0.272. The molecule has 3 heterocycles. The zero-order valence-corrected chi connectivity index (χ0v) is 10.0. The summed E-state index contributed by atoms with van der Waals surface area (Å²) < 4.78 is 7.12. The van der Waals surface area contributed by atoms with Crippen molar-refractivity contribution in [2.45, 2.75) is 0 Å².